The van der Waals surface area contributed by atoms with Crippen LogP contribution in [0.3, 0.4) is 0 Å². The van der Waals surface area contributed by atoms with E-state index < -0.39 is 0 Å². The maximum absolute atomic E-state index is 12.1. The Labute approximate surface area is 158 Å². The number of amides is 1. The predicted molar refractivity (Wildman–Crippen MR) is 103 cm³/mol. The minimum atomic E-state index is -0.194. The Morgan fingerprint density at radius 3 is 2.96 bits per heavy atom. The number of rotatable bonds is 2. The number of carbonyl (C=O) groups excluding carboxylic acids is 1. The zero-order valence-electron chi connectivity index (χ0n) is 14.6. The molecule has 27 heavy (non-hydrogen) atoms. The van der Waals surface area contributed by atoms with Gasteiger partial charge in [0.05, 0.1) is 29.2 Å². The van der Waals surface area contributed by atoms with Crippen molar-refractivity contribution in [3.05, 3.63) is 52.7 Å². The van der Waals surface area contributed by atoms with Crippen LogP contribution in [-0.2, 0) is 18.4 Å². The molecule has 1 aliphatic heterocycles. The van der Waals surface area contributed by atoms with Gasteiger partial charge in [-0.15, -0.1) is 11.3 Å². The van der Waals surface area contributed by atoms with Crippen molar-refractivity contribution in [2.75, 3.05) is 5.73 Å². The van der Waals surface area contributed by atoms with E-state index >= 15 is 0 Å². The molecule has 3 aromatic heterocycles. The smallest absolute Gasteiger partial charge is 0.221 e. The standard InChI is InChI=1S/C19H17N5O2S/c1-24-13-5-3-2-4-11(13)22-18(24)15-7-6-14(26-15)10-8-16(25)21-9-12-17(10)27-19(20)23-12/h2-7,10H,8-9H2,1H3,(H2,20,23)(H,21,25)/t10-/m1/s1. The van der Waals surface area contributed by atoms with Crippen molar-refractivity contribution in [2.45, 2.75) is 18.9 Å². The van der Waals surface area contributed by atoms with E-state index in [0.717, 1.165) is 33.2 Å². The normalized spacial score (nSPS) is 16.9. The molecule has 0 radical (unpaired) electrons. The predicted octanol–water partition coefficient (Wildman–Crippen LogP) is 3.02. The lowest BCUT2D eigenvalue weighted by atomic mass is 10.00. The van der Waals surface area contributed by atoms with Crippen LogP contribution in [0.1, 0.15) is 28.7 Å². The zero-order valence-corrected chi connectivity index (χ0v) is 15.4. The van der Waals surface area contributed by atoms with Crippen molar-refractivity contribution in [3.8, 4) is 11.6 Å². The summed E-state index contributed by atoms with van der Waals surface area (Å²) in [4.78, 5) is 22.2. The molecular formula is C19H17N5O2S. The average molecular weight is 379 g/mol. The number of nitrogens with two attached hydrogens (primary N) is 1. The number of nitrogens with zero attached hydrogens (tertiary/aromatic N) is 3. The number of fused-ring (bicyclic) bond motifs is 2. The summed E-state index contributed by atoms with van der Waals surface area (Å²) in [6, 6.07) is 11.8. The number of aryl methyl sites for hydroxylation is 1. The Morgan fingerprint density at radius 2 is 2.11 bits per heavy atom. The summed E-state index contributed by atoms with van der Waals surface area (Å²) in [7, 11) is 1.97. The first-order valence-electron chi connectivity index (χ1n) is 8.63. The Kier molecular flexibility index (Phi) is 3.54. The molecule has 1 aromatic carbocycles. The first kappa shape index (κ1) is 16.1. The van der Waals surface area contributed by atoms with Crippen molar-refractivity contribution in [2.24, 2.45) is 7.05 Å². The van der Waals surface area contributed by atoms with Gasteiger partial charge in [-0.25, -0.2) is 9.97 Å². The SMILES string of the molecule is Cn1c(-c2ccc([C@H]3CC(=O)NCc4nc(N)sc43)o2)nc2ccccc21. The second-order valence-electron chi connectivity index (χ2n) is 6.58. The van der Waals surface area contributed by atoms with Crippen LogP contribution in [0.4, 0.5) is 5.13 Å². The molecular weight excluding hydrogens is 362 g/mol. The minimum absolute atomic E-state index is 0.0237. The molecule has 4 aromatic rings. The molecule has 4 heterocycles. The van der Waals surface area contributed by atoms with Crippen LogP contribution >= 0.6 is 11.3 Å². The summed E-state index contributed by atoms with van der Waals surface area (Å²) in [6.07, 6.45) is 0.310. The molecule has 3 N–H and O–H groups in total. The molecule has 1 aliphatic rings. The lowest BCUT2D eigenvalue weighted by Gasteiger charge is -2.09. The third-order valence-electron chi connectivity index (χ3n) is 4.88. The lowest BCUT2D eigenvalue weighted by molar-refractivity contribution is -0.121. The van der Waals surface area contributed by atoms with Gasteiger partial charge < -0.3 is 20.0 Å². The van der Waals surface area contributed by atoms with Gasteiger partial charge in [0, 0.05) is 18.3 Å². The maximum atomic E-state index is 12.1. The summed E-state index contributed by atoms with van der Waals surface area (Å²) < 4.78 is 8.17. The van der Waals surface area contributed by atoms with Gasteiger partial charge >= 0.3 is 0 Å². The van der Waals surface area contributed by atoms with Gasteiger partial charge in [-0.1, -0.05) is 12.1 Å². The van der Waals surface area contributed by atoms with Crippen molar-refractivity contribution in [3.63, 3.8) is 0 Å². The van der Waals surface area contributed by atoms with E-state index in [0.29, 0.717) is 23.9 Å². The van der Waals surface area contributed by atoms with Gasteiger partial charge in [-0.3, -0.25) is 4.79 Å². The number of para-hydroxylation sites is 2. The summed E-state index contributed by atoms with van der Waals surface area (Å²) in [6.45, 7) is 0.399. The van der Waals surface area contributed by atoms with Crippen LogP contribution in [-0.4, -0.2) is 20.4 Å². The van der Waals surface area contributed by atoms with E-state index in [-0.39, 0.29) is 11.8 Å². The van der Waals surface area contributed by atoms with Crippen LogP contribution in [0.5, 0.6) is 0 Å². The number of anilines is 1. The van der Waals surface area contributed by atoms with Crippen molar-refractivity contribution >= 4 is 33.4 Å². The van der Waals surface area contributed by atoms with Crippen molar-refractivity contribution in [1.29, 1.82) is 0 Å². The van der Waals surface area contributed by atoms with Crippen LogP contribution in [0.2, 0.25) is 0 Å². The van der Waals surface area contributed by atoms with Crippen LogP contribution in [0.15, 0.2) is 40.8 Å². The fraction of sp³-hybridized carbons (Fsp3) is 0.211. The van der Waals surface area contributed by atoms with Crippen LogP contribution in [0, 0.1) is 0 Å². The number of nitrogen functional groups attached to an aromatic ring is 1. The number of furan rings is 1. The Balaban J connectivity index is 1.58. The van der Waals surface area contributed by atoms with E-state index in [2.05, 4.69) is 15.3 Å². The third-order valence-corrected chi connectivity index (χ3v) is 5.92. The highest BCUT2D eigenvalue weighted by molar-refractivity contribution is 7.15. The third kappa shape index (κ3) is 2.60. The Bertz CT molecular complexity index is 1170. The van der Waals surface area contributed by atoms with Gasteiger partial charge in [0.25, 0.3) is 0 Å². The molecule has 0 fully saturated rings. The number of hydrogen-bond donors (Lipinski definition) is 2. The van der Waals surface area contributed by atoms with Crippen molar-refractivity contribution < 1.29 is 9.21 Å². The van der Waals surface area contributed by atoms with Crippen molar-refractivity contribution in [1.82, 2.24) is 19.9 Å². The van der Waals surface area contributed by atoms with E-state index in [4.69, 9.17) is 10.2 Å². The van der Waals surface area contributed by atoms with Gasteiger partial charge in [0.1, 0.15) is 5.76 Å². The Morgan fingerprint density at radius 1 is 1.26 bits per heavy atom. The molecule has 1 amide bonds. The first-order chi connectivity index (χ1) is 13.1. The second kappa shape index (κ2) is 5.95. The molecule has 8 heteroatoms. The number of imidazole rings is 1. The largest absolute Gasteiger partial charge is 0.457 e. The number of aromatic nitrogens is 3. The van der Waals surface area contributed by atoms with E-state index in [1.165, 1.54) is 11.3 Å². The summed E-state index contributed by atoms with van der Waals surface area (Å²) in [5.74, 6) is 1.93. The fourth-order valence-corrected chi connectivity index (χ4v) is 4.53. The quantitative estimate of drug-likeness (QED) is 0.558. The number of thiazole rings is 1. The number of nitrogens with one attached hydrogen (secondary N) is 1. The van der Waals surface area contributed by atoms with E-state index in [1.807, 2.05) is 48.0 Å². The molecule has 0 aliphatic carbocycles. The maximum Gasteiger partial charge on any atom is 0.221 e. The molecule has 0 spiro atoms. The number of benzene rings is 1. The molecule has 1 atom stereocenters. The van der Waals surface area contributed by atoms with E-state index in [1.54, 1.807) is 0 Å². The summed E-state index contributed by atoms with van der Waals surface area (Å²) in [5, 5.41) is 3.37. The fourth-order valence-electron chi connectivity index (χ4n) is 3.57. The lowest BCUT2D eigenvalue weighted by Crippen LogP contribution is -2.21. The van der Waals surface area contributed by atoms with Crippen LogP contribution in [0.25, 0.3) is 22.6 Å². The van der Waals surface area contributed by atoms with Gasteiger partial charge in [-0.2, -0.15) is 0 Å². The topological polar surface area (TPSA) is 99.0 Å². The highest BCUT2D eigenvalue weighted by Crippen LogP contribution is 2.39. The molecule has 0 bridgehead atoms. The summed E-state index contributed by atoms with van der Waals surface area (Å²) >= 11 is 1.41. The number of carbonyl (C=O) groups is 1. The number of hydrogen-bond acceptors (Lipinski definition) is 6. The van der Waals surface area contributed by atoms with E-state index in [9.17, 15) is 4.79 Å². The molecule has 0 unspecified atom stereocenters. The van der Waals surface area contributed by atoms with Gasteiger partial charge in [0.2, 0.25) is 5.91 Å². The highest BCUT2D eigenvalue weighted by atomic mass is 32.1. The molecule has 0 saturated heterocycles. The van der Waals surface area contributed by atoms with Gasteiger partial charge in [-0.05, 0) is 24.3 Å². The highest BCUT2D eigenvalue weighted by Gasteiger charge is 2.30. The average Bonchev–Trinajstić information content (AvgIpc) is 3.34. The van der Waals surface area contributed by atoms with Gasteiger partial charge in [0.15, 0.2) is 16.7 Å². The molecule has 136 valence electrons. The molecule has 5 rings (SSSR count). The second-order valence-corrected chi connectivity index (χ2v) is 7.64. The zero-order chi connectivity index (χ0) is 18.5. The van der Waals surface area contributed by atoms with Crippen LogP contribution < -0.4 is 11.1 Å². The molecule has 7 nitrogen and oxygen atoms in total. The Hall–Kier alpha value is -3.13. The molecule has 0 saturated carbocycles. The first-order valence-corrected chi connectivity index (χ1v) is 9.45. The summed E-state index contributed by atoms with van der Waals surface area (Å²) in [5.41, 5.74) is 8.66. The minimum Gasteiger partial charge on any atom is -0.457 e. The monoisotopic (exact) mass is 379 g/mol.